The number of hydrogen-bond acceptors (Lipinski definition) is 8. The van der Waals surface area contributed by atoms with Gasteiger partial charge in [-0.3, -0.25) is 14.4 Å². The summed E-state index contributed by atoms with van der Waals surface area (Å²) in [4.78, 5) is 55.5. The SMILES string of the molecule is CCCCC.C\C=C/C(=C\C=C\C(C)N(C)c1c(CC(C)CC)[nH]cc(C(=O)N=O)c1=O)OCc1cc(N2CCCC2=O)ccc1NCCOCC. The molecule has 2 atom stereocenters. The van der Waals surface area contributed by atoms with Gasteiger partial charge in [0.2, 0.25) is 11.3 Å². The number of likely N-dealkylation sites (N-methyl/N-ethyl adjacent to an activating group) is 1. The molecule has 0 aliphatic carbocycles. The van der Waals surface area contributed by atoms with Crippen LogP contribution in [-0.4, -0.2) is 56.2 Å². The number of allylic oxidation sites excluding steroid dienone is 4. The Balaban J connectivity index is 0.00000175. The van der Waals surface area contributed by atoms with Crippen molar-refractivity contribution in [2.45, 2.75) is 106 Å². The normalized spacial score (nSPS) is 14.3. The lowest BCUT2D eigenvalue weighted by Gasteiger charge is -2.27. The largest absolute Gasteiger partial charge is 0.489 e. The van der Waals surface area contributed by atoms with Crippen LogP contribution in [0.15, 0.2) is 70.5 Å². The molecule has 11 nitrogen and oxygen atoms in total. The van der Waals surface area contributed by atoms with Crippen molar-refractivity contribution < 1.29 is 19.1 Å². The van der Waals surface area contributed by atoms with Gasteiger partial charge in [-0.2, -0.15) is 0 Å². The van der Waals surface area contributed by atoms with Gasteiger partial charge in [-0.25, -0.2) is 0 Å². The molecule has 0 bridgehead atoms. The number of benzene rings is 1. The number of nitroso groups, excluding NO2 is 1. The number of nitrogens with one attached hydrogen (secondary N) is 2. The summed E-state index contributed by atoms with van der Waals surface area (Å²) in [5.41, 5.74) is 2.92. The van der Waals surface area contributed by atoms with Gasteiger partial charge in [0.25, 0.3) is 0 Å². The maximum Gasteiger partial charge on any atom is 0.322 e. The van der Waals surface area contributed by atoms with E-state index in [4.69, 9.17) is 9.47 Å². The zero-order chi connectivity index (χ0) is 38.5. The van der Waals surface area contributed by atoms with Gasteiger partial charge in [-0.15, -0.1) is 4.91 Å². The second-order valence-corrected chi connectivity index (χ2v) is 13.0. The van der Waals surface area contributed by atoms with Crippen LogP contribution in [0.1, 0.15) is 109 Å². The molecule has 1 aliphatic rings. The van der Waals surface area contributed by atoms with Gasteiger partial charge in [0.1, 0.15) is 23.6 Å². The third kappa shape index (κ3) is 13.6. The minimum absolute atomic E-state index is 0.125. The van der Waals surface area contributed by atoms with Crippen molar-refractivity contribution in [3.8, 4) is 0 Å². The van der Waals surface area contributed by atoms with Crippen molar-refractivity contribution in [2.75, 3.05) is 48.5 Å². The molecule has 1 fully saturated rings. The zero-order valence-corrected chi connectivity index (χ0v) is 32.6. The summed E-state index contributed by atoms with van der Waals surface area (Å²) in [6.45, 7) is 17.2. The van der Waals surface area contributed by atoms with Gasteiger partial charge in [0.05, 0.1) is 6.61 Å². The molecule has 0 saturated carbocycles. The minimum Gasteiger partial charge on any atom is -0.489 e. The highest BCUT2D eigenvalue weighted by molar-refractivity contribution is 5.96. The number of aromatic amines is 1. The lowest BCUT2D eigenvalue weighted by Crippen LogP contribution is -2.34. The first-order chi connectivity index (χ1) is 25.1. The number of ether oxygens (including phenoxy) is 2. The molecule has 11 heteroatoms. The molecule has 1 aromatic carbocycles. The monoisotopic (exact) mass is 719 g/mol. The first-order valence-corrected chi connectivity index (χ1v) is 18.8. The van der Waals surface area contributed by atoms with E-state index in [1.165, 1.54) is 25.5 Å². The van der Waals surface area contributed by atoms with E-state index >= 15 is 0 Å². The highest BCUT2D eigenvalue weighted by Gasteiger charge is 2.24. The topological polar surface area (TPSA) is 133 Å². The Morgan fingerprint density at radius 1 is 1.15 bits per heavy atom. The van der Waals surface area contributed by atoms with Gasteiger partial charge in [-0.1, -0.05) is 71.6 Å². The second-order valence-electron chi connectivity index (χ2n) is 13.0. The van der Waals surface area contributed by atoms with Crippen LogP contribution in [0.25, 0.3) is 0 Å². The second kappa shape index (κ2) is 23.9. The van der Waals surface area contributed by atoms with E-state index in [0.717, 1.165) is 29.8 Å². The molecule has 52 heavy (non-hydrogen) atoms. The molecule has 2 amide bonds. The van der Waals surface area contributed by atoms with Crippen LogP contribution in [0.4, 0.5) is 17.1 Å². The summed E-state index contributed by atoms with van der Waals surface area (Å²) in [7, 11) is 1.79. The number of aromatic nitrogens is 1. The van der Waals surface area contributed by atoms with Crippen LogP contribution in [0.3, 0.4) is 0 Å². The summed E-state index contributed by atoms with van der Waals surface area (Å²) in [6.07, 6.45) is 17.7. The van der Waals surface area contributed by atoms with E-state index in [-0.39, 0.29) is 24.1 Å². The Morgan fingerprint density at radius 2 is 1.90 bits per heavy atom. The molecule has 2 heterocycles. The molecule has 0 radical (unpaired) electrons. The number of hydrogen-bond donors (Lipinski definition) is 2. The smallest absolute Gasteiger partial charge is 0.322 e. The van der Waals surface area contributed by atoms with Gasteiger partial charge in [0, 0.05) is 73.2 Å². The number of amides is 2. The average molecular weight is 720 g/mol. The van der Waals surface area contributed by atoms with E-state index in [1.54, 1.807) is 11.9 Å². The first kappa shape index (κ1) is 43.7. The van der Waals surface area contributed by atoms with Crippen molar-refractivity contribution in [2.24, 2.45) is 11.1 Å². The van der Waals surface area contributed by atoms with E-state index in [9.17, 15) is 19.3 Å². The van der Waals surface area contributed by atoms with Crippen molar-refractivity contribution in [1.82, 2.24) is 4.98 Å². The molecule has 2 aromatic rings. The number of rotatable bonds is 20. The molecule has 1 aliphatic heterocycles. The Bertz CT molecular complexity index is 1580. The number of carbonyl (C=O) groups is 2. The standard InChI is InChI=1S/C36H49N5O6.C5H12/c1-7-12-29(47-24-27-22-28(41-19-11-15-33(41)42)16-17-31(27)37-18-20-46-9-3)14-10-13-26(5)40(6)34-32(21-25(4)8-2)38-23-30(35(34)43)36(44)39-45;1-3-5-4-2/h7,10,12-14,16-17,22-23,25-26,37H,8-9,11,15,18-21,24H2,1-6H3,(H,38,43);3-5H2,1-2H3/b12-7-,13-10+,29-14+;. The van der Waals surface area contributed by atoms with E-state index in [2.05, 4.69) is 43.2 Å². The number of nitrogens with zero attached hydrogens (tertiary/aromatic N) is 3. The summed E-state index contributed by atoms with van der Waals surface area (Å²) in [5, 5.41) is 5.88. The molecule has 0 spiro atoms. The van der Waals surface area contributed by atoms with E-state index in [0.29, 0.717) is 62.2 Å². The number of carbonyl (C=O) groups excluding carboxylic acids is 2. The van der Waals surface area contributed by atoms with Crippen LogP contribution in [0.2, 0.25) is 0 Å². The predicted octanol–water partition coefficient (Wildman–Crippen LogP) is 8.70. The minimum atomic E-state index is -1.10. The van der Waals surface area contributed by atoms with Crippen LogP contribution in [-0.2, 0) is 27.3 Å². The maximum absolute atomic E-state index is 13.4. The van der Waals surface area contributed by atoms with Gasteiger partial charge in [-0.05, 0) is 69.9 Å². The zero-order valence-electron chi connectivity index (χ0n) is 32.6. The summed E-state index contributed by atoms with van der Waals surface area (Å²) in [5.74, 6) is -0.0443. The lowest BCUT2D eigenvalue weighted by molar-refractivity contribution is -0.117. The van der Waals surface area contributed by atoms with Gasteiger partial charge in [0.15, 0.2) is 0 Å². The molecular formula is C41H61N5O6. The molecule has 2 N–H and O–H groups in total. The average Bonchev–Trinajstić information content (AvgIpc) is 3.58. The maximum atomic E-state index is 13.4. The summed E-state index contributed by atoms with van der Waals surface area (Å²) < 4.78 is 11.7. The van der Waals surface area contributed by atoms with Gasteiger partial charge >= 0.3 is 5.91 Å². The Kier molecular flexibility index (Phi) is 20.0. The number of anilines is 3. The fraction of sp³-hybridized carbons (Fsp3) is 0.537. The van der Waals surface area contributed by atoms with Crippen LogP contribution >= 0.6 is 0 Å². The Labute approximate surface area is 310 Å². The van der Waals surface area contributed by atoms with Gasteiger partial charge < -0.3 is 29.6 Å². The third-order valence-corrected chi connectivity index (χ3v) is 8.99. The predicted molar refractivity (Wildman–Crippen MR) is 213 cm³/mol. The number of pyridine rings is 1. The van der Waals surface area contributed by atoms with E-state index in [1.807, 2.05) is 74.3 Å². The molecule has 3 rings (SSSR count). The summed E-state index contributed by atoms with van der Waals surface area (Å²) >= 11 is 0. The third-order valence-electron chi connectivity index (χ3n) is 8.99. The highest BCUT2D eigenvalue weighted by Crippen LogP contribution is 2.28. The summed E-state index contributed by atoms with van der Waals surface area (Å²) in [6, 6.07) is 5.69. The van der Waals surface area contributed by atoms with Crippen molar-refractivity contribution in [1.29, 1.82) is 0 Å². The molecule has 2 unspecified atom stereocenters. The number of H-pyrrole nitrogens is 1. The molecule has 1 aromatic heterocycles. The van der Waals surface area contributed by atoms with Crippen molar-refractivity contribution >= 4 is 28.9 Å². The van der Waals surface area contributed by atoms with Crippen molar-refractivity contribution in [3.05, 3.63) is 92.5 Å². The van der Waals surface area contributed by atoms with Crippen LogP contribution in [0.5, 0.6) is 0 Å². The van der Waals surface area contributed by atoms with Crippen LogP contribution < -0.4 is 20.5 Å². The van der Waals surface area contributed by atoms with E-state index < -0.39 is 11.3 Å². The fourth-order valence-electron chi connectivity index (χ4n) is 5.63. The molecule has 286 valence electrons. The quantitative estimate of drug-likeness (QED) is 0.0601. The molecule has 1 saturated heterocycles. The fourth-order valence-corrected chi connectivity index (χ4v) is 5.63. The van der Waals surface area contributed by atoms with Crippen LogP contribution in [0, 0.1) is 10.8 Å². The Morgan fingerprint density at radius 3 is 2.50 bits per heavy atom. The molecular weight excluding hydrogens is 658 g/mol. The highest BCUT2D eigenvalue weighted by atomic mass is 16.5. The Hall–Kier alpha value is -4.51. The van der Waals surface area contributed by atoms with Crippen molar-refractivity contribution in [3.63, 3.8) is 0 Å². The lowest BCUT2D eigenvalue weighted by atomic mass is 10.00. The first-order valence-electron chi connectivity index (χ1n) is 18.8. The number of unbranched alkanes of at least 4 members (excludes halogenated alkanes) is 2.